The molecule has 0 spiro atoms. The Labute approximate surface area is 216 Å². The van der Waals surface area contributed by atoms with Crippen molar-refractivity contribution >= 4 is 29.4 Å². The van der Waals surface area contributed by atoms with Gasteiger partial charge in [0.25, 0.3) is 5.91 Å². The number of likely N-dealkylation sites (tertiary alicyclic amines) is 1. The molecule has 190 valence electrons. The number of nitrogens with zero attached hydrogens (tertiary/aromatic N) is 5. The molecule has 2 aliphatic rings. The van der Waals surface area contributed by atoms with Crippen LogP contribution in [0.4, 0.5) is 11.6 Å². The number of anilines is 2. The summed E-state index contributed by atoms with van der Waals surface area (Å²) in [4.78, 5) is 51.9. The highest BCUT2D eigenvalue weighted by Gasteiger charge is 2.23. The van der Waals surface area contributed by atoms with Crippen molar-refractivity contribution < 1.29 is 14.4 Å². The average molecular weight is 499 g/mol. The van der Waals surface area contributed by atoms with E-state index in [0.29, 0.717) is 62.8 Å². The molecule has 3 heterocycles. The van der Waals surface area contributed by atoms with E-state index in [1.165, 1.54) is 0 Å². The predicted molar refractivity (Wildman–Crippen MR) is 140 cm³/mol. The van der Waals surface area contributed by atoms with Crippen LogP contribution in [0, 0.1) is 0 Å². The molecule has 37 heavy (non-hydrogen) atoms. The van der Waals surface area contributed by atoms with Crippen molar-refractivity contribution in [2.24, 2.45) is 0 Å². The number of nitrogens with one attached hydrogen (secondary N) is 1. The van der Waals surface area contributed by atoms with Gasteiger partial charge in [-0.25, -0.2) is 9.97 Å². The van der Waals surface area contributed by atoms with Crippen LogP contribution >= 0.6 is 0 Å². The van der Waals surface area contributed by atoms with Crippen molar-refractivity contribution in [1.29, 1.82) is 0 Å². The summed E-state index contributed by atoms with van der Waals surface area (Å²) in [6, 6.07) is 16.5. The topological polar surface area (TPSA) is 98.7 Å². The molecule has 9 heteroatoms. The first kappa shape index (κ1) is 24.4. The summed E-state index contributed by atoms with van der Waals surface area (Å²) in [5, 5.41) is 2.92. The first-order valence-corrected chi connectivity index (χ1v) is 12.6. The summed E-state index contributed by atoms with van der Waals surface area (Å²) in [6.07, 6.45) is 5.25. The summed E-state index contributed by atoms with van der Waals surface area (Å²) in [5.74, 6) is 0.732. The zero-order valence-corrected chi connectivity index (χ0v) is 20.7. The first-order valence-electron chi connectivity index (χ1n) is 12.6. The summed E-state index contributed by atoms with van der Waals surface area (Å²) in [6.45, 7) is 3.97. The van der Waals surface area contributed by atoms with E-state index >= 15 is 0 Å². The lowest BCUT2D eigenvalue weighted by molar-refractivity contribution is -0.131. The number of piperazine rings is 1. The third kappa shape index (κ3) is 6.11. The second-order valence-electron chi connectivity index (χ2n) is 9.36. The molecule has 0 atom stereocenters. The number of aromatic nitrogens is 2. The van der Waals surface area contributed by atoms with E-state index in [-0.39, 0.29) is 17.7 Å². The molecule has 0 radical (unpaired) electrons. The van der Waals surface area contributed by atoms with Gasteiger partial charge in [0, 0.05) is 69.3 Å². The zero-order chi connectivity index (χ0) is 25.6. The molecule has 2 saturated heterocycles. The van der Waals surface area contributed by atoms with Crippen molar-refractivity contribution in [2.75, 3.05) is 42.9 Å². The van der Waals surface area contributed by atoms with E-state index in [4.69, 9.17) is 0 Å². The van der Waals surface area contributed by atoms with E-state index in [0.717, 1.165) is 24.1 Å². The first-order chi connectivity index (χ1) is 18.0. The average Bonchev–Trinajstić information content (AvgIpc) is 3.34. The largest absolute Gasteiger partial charge is 0.339 e. The molecule has 0 saturated carbocycles. The number of hydrogen-bond donors (Lipinski definition) is 1. The number of benzene rings is 2. The maximum absolute atomic E-state index is 12.8. The second-order valence-corrected chi connectivity index (χ2v) is 9.36. The Hall–Kier alpha value is -4.27. The summed E-state index contributed by atoms with van der Waals surface area (Å²) in [5.41, 5.74) is 3.05. The van der Waals surface area contributed by atoms with E-state index in [1.54, 1.807) is 24.5 Å². The van der Waals surface area contributed by atoms with Gasteiger partial charge < -0.3 is 20.0 Å². The molecule has 2 aromatic carbocycles. The van der Waals surface area contributed by atoms with Gasteiger partial charge in [-0.05, 0) is 47.9 Å². The molecule has 0 bridgehead atoms. The maximum atomic E-state index is 12.8. The molecular weight excluding hydrogens is 468 g/mol. The van der Waals surface area contributed by atoms with Crippen molar-refractivity contribution in [1.82, 2.24) is 19.8 Å². The van der Waals surface area contributed by atoms with E-state index in [1.807, 2.05) is 52.3 Å². The normalized spacial score (nSPS) is 15.7. The van der Waals surface area contributed by atoms with E-state index in [2.05, 4.69) is 20.2 Å². The Morgan fingerprint density at radius 3 is 2.32 bits per heavy atom. The minimum Gasteiger partial charge on any atom is -0.339 e. The predicted octanol–water partition coefficient (Wildman–Crippen LogP) is 2.74. The minimum atomic E-state index is -0.210. The molecule has 3 amide bonds. The molecule has 0 unspecified atom stereocenters. The third-order valence-corrected chi connectivity index (χ3v) is 6.77. The van der Waals surface area contributed by atoms with Gasteiger partial charge in [0.05, 0.1) is 6.42 Å². The second kappa shape index (κ2) is 11.2. The molecule has 5 rings (SSSR count). The molecule has 9 nitrogen and oxygen atoms in total. The van der Waals surface area contributed by atoms with Gasteiger partial charge in [-0.1, -0.05) is 24.3 Å². The molecular formula is C28H30N6O3. The van der Waals surface area contributed by atoms with Crippen molar-refractivity contribution in [3.8, 4) is 0 Å². The van der Waals surface area contributed by atoms with Gasteiger partial charge in [0.15, 0.2) is 0 Å². The standard InChI is InChI=1S/C28H30N6O3/c35-25-6-2-13-34(25)20-22-4-1-5-23(18-22)27(37)31-24-9-7-21(8-10-24)19-26(36)32-14-16-33(17-15-32)28-29-11-3-12-30-28/h1,3-5,7-12,18H,2,6,13-17,19-20H2,(H,31,37). The monoisotopic (exact) mass is 498 g/mol. The maximum Gasteiger partial charge on any atom is 0.255 e. The fourth-order valence-corrected chi connectivity index (χ4v) is 4.71. The fraction of sp³-hybridized carbons (Fsp3) is 0.321. The highest BCUT2D eigenvalue weighted by atomic mass is 16.2. The Morgan fingerprint density at radius 1 is 0.865 bits per heavy atom. The van der Waals surface area contributed by atoms with Gasteiger partial charge in [0.2, 0.25) is 17.8 Å². The highest BCUT2D eigenvalue weighted by Crippen LogP contribution is 2.17. The number of carbonyl (C=O) groups excluding carboxylic acids is 3. The van der Waals surface area contributed by atoms with Gasteiger partial charge in [-0.15, -0.1) is 0 Å². The van der Waals surface area contributed by atoms with Crippen molar-refractivity contribution in [3.63, 3.8) is 0 Å². The van der Waals surface area contributed by atoms with Gasteiger partial charge in [-0.3, -0.25) is 14.4 Å². The van der Waals surface area contributed by atoms with Crippen LogP contribution in [0.1, 0.15) is 34.3 Å². The smallest absolute Gasteiger partial charge is 0.255 e. The third-order valence-electron chi connectivity index (χ3n) is 6.77. The molecule has 3 aromatic rings. The van der Waals surface area contributed by atoms with Gasteiger partial charge in [0.1, 0.15) is 0 Å². The van der Waals surface area contributed by atoms with Gasteiger partial charge >= 0.3 is 0 Å². The van der Waals surface area contributed by atoms with Crippen LogP contribution in [-0.2, 0) is 22.6 Å². The molecule has 1 N–H and O–H groups in total. The zero-order valence-electron chi connectivity index (χ0n) is 20.7. The van der Waals surface area contributed by atoms with Gasteiger partial charge in [-0.2, -0.15) is 0 Å². The molecule has 1 aromatic heterocycles. The van der Waals surface area contributed by atoms with Crippen LogP contribution in [0.3, 0.4) is 0 Å². The van der Waals surface area contributed by atoms with Crippen LogP contribution < -0.4 is 10.2 Å². The van der Waals surface area contributed by atoms with E-state index in [9.17, 15) is 14.4 Å². The lowest BCUT2D eigenvalue weighted by Gasteiger charge is -2.34. The van der Waals surface area contributed by atoms with E-state index < -0.39 is 0 Å². The molecule has 0 aliphatic carbocycles. The summed E-state index contributed by atoms with van der Waals surface area (Å²) >= 11 is 0. The number of rotatable bonds is 7. The van der Waals surface area contributed by atoms with Crippen LogP contribution in [-0.4, -0.2) is 70.2 Å². The van der Waals surface area contributed by atoms with Crippen LogP contribution in [0.15, 0.2) is 67.0 Å². The van der Waals surface area contributed by atoms with Crippen LogP contribution in [0.25, 0.3) is 0 Å². The number of amides is 3. The van der Waals surface area contributed by atoms with Crippen molar-refractivity contribution in [2.45, 2.75) is 25.8 Å². The Kier molecular flexibility index (Phi) is 7.39. The fourth-order valence-electron chi connectivity index (χ4n) is 4.71. The summed E-state index contributed by atoms with van der Waals surface area (Å²) < 4.78 is 0. The number of carbonyl (C=O) groups is 3. The lowest BCUT2D eigenvalue weighted by atomic mass is 10.1. The van der Waals surface area contributed by atoms with Crippen LogP contribution in [0.5, 0.6) is 0 Å². The van der Waals surface area contributed by atoms with Crippen molar-refractivity contribution in [3.05, 3.63) is 83.7 Å². The van der Waals surface area contributed by atoms with Crippen LogP contribution in [0.2, 0.25) is 0 Å². The highest BCUT2D eigenvalue weighted by molar-refractivity contribution is 6.04. The lowest BCUT2D eigenvalue weighted by Crippen LogP contribution is -2.49. The molecule has 2 fully saturated rings. The Balaban J connectivity index is 1.12. The number of hydrogen-bond acceptors (Lipinski definition) is 6. The Bertz CT molecular complexity index is 1260. The summed E-state index contributed by atoms with van der Waals surface area (Å²) in [7, 11) is 0. The quantitative estimate of drug-likeness (QED) is 0.538. The SMILES string of the molecule is O=C(Nc1ccc(CC(=O)N2CCN(c3ncccn3)CC2)cc1)c1cccc(CN2CCCC2=O)c1. The Morgan fingerprint density at radius 2 is 1.62 bits per heavy atom. The molecule has 2 aliphatic heterocycles. The minimum absolute atomic E-state index is 0.0821.